The summed E-state index contributed by atoms with van der Waals surface area (Å²) in [5.41, 5.74) is 7.39. The molecule has 0 saturated heterocycles. The molecule has 5 nitrogen and oxygen atoms in total. The van der Waals surface area contributed by atoms with Crippen LogP contribution in [-0.2, 0) is 4.79 Å². The number of carbonyl (C=O) groups excluding carboxylic acids is 1. The lowest BCUT2D eigenvalue weighted by atomic mass is 9.84. The molecule has 0 aromatic carbocycles. The molecule has 0 aliphatic carbocycles. The Labute approximate surface area is 121 Å². The molecule has 0 aliphatic rings. The number of rotatable bonds is 7. The van der Waals surface area contributed by atoms with Crippen molar-refractivity contribution in [3.8, 4) is 0 Å². The second kappa shape index (κ2) is 7.24. The third kappa shape index (κ3) is 5.17. The molecule has 3 N–H and O–H groups in total. The molecule has 0 radical (unpaired) electrons. The number of carbonyl (C=O) groups is 1. The number of anilines is 2. The topological polar surface area (TPSA) is 71.2 Å². The van der Waals surface area contributed by atoms with Crippen LogP contribution in [0, 0.1) is 5.41 Å². The number of pyridine rings is 1. The normalized spacial score (nSPS) is 11.2. The molecule has 0 unspecified atom stereocenters. The lowest BCUT2D eigenvalue weighted by Gasteiger charge is -2.23. The van der Waals surface area contributed by atoms with Crippen molar-refractivity contribution in [3.63, 3.8) is 0 Å². The molecular formula is C15H26N4O. The SMILES string of the molecule is CN(C)c1ccncc1NC(=O)CCC(C)(C)CCN. The van der Waals surface area contributed by atoms with Crippen LogP contribution in [0.5, 0.6) is 0 Å². The molecule has 0 spiro atoms. The molecule has 112 valence electrons. The van der Waals surface area contributed by atoms with Crippen molar-refractivity contribution >= 4 is 17.3 Å². The third-order valence-electron chi connectivity index (χ3n) is 3.40. The first-order valence-corrected chi connectivity index (χ1v) is 6.97. The molecule has 0 aliphatic heterocycles. The van der Waals surface area contributed by atoms with Gasteiger partial charge in [-0.15, -0.1) is 0 Å². The van der Waals surface area contributed by atoms with E-state index in [1.165, 1.54) is 0 Å². The number of hydrogen-bond donors (Lipinski definition) is 2. The maximum Gasteiger partial charge on any atom is 0.224 e. The maximum absolute atomic E-state index is 12.0. The second-order valence-electron chi connectivity index (χ2n) is 6.04. The second-order valence-corrected chi connectivity index (χ2v) is 6.04. The van der Waals surface area contributed by atoms with E-state index < -0.39 is 0 Å². The number of nitrogens with zero attached hydrogens (tertiary/aromatic N) is 2. The van der Waals surface area contributed by atoms with E-state index in [4.69, 9.17) is 5.73 Å². The summed E-state index contributed by atoms with van der Waals surface area (Å²) in [6.07, 6.45) is 5.64. The van der Waals surface area contributed by atoms with E-state index in [9.17, 15) is 4.79 Å². The fraction of sp³-hybridized carbons (Fsp3) is 0.600. The quantitative estimate of drug-likeness (QED) is 0.802. The summed E-state index contributed by atoms with van der Waals surface area (Å²) < 4.78 is 0. The molecule has 0 atom stereocenters. The maximum atomic E-state index is 12.0. The molecule has 1 aromatic heterocycles. The highest BCUT2D eigenvalue weighted by molar-refractivity contribution is 5.94. The van der Waals surface area contributed by atoms with E-state index in [-0.39, 0.29) is 11.3 Å². The van der Waals surface area contributed by atoms with Gasteiger partial charge in [-0.25, -0.2) is 0 Å². The first-order valence-electron chi connectivity index (χ1n) is 6.97. The monoisotopic (exact) mass is 278 g/mol. The molecule has 5 heteroatoms. The van der Waals surface area contributed by atoms with Gasteiger partial charge in [0, 0.05) is 26.7 Å². The first-order chi connectivity index (χ1) is 9.35. The van der Waals surface area contributed by atoms with E-state index in [0.29, 0.717) is 13.0 Å². The lowest BCUT2D eigenvalue weighted by molar-refractivity contribution is -0.116. The van der Waals surface area contributed by atoms with Gasteiger partial charge in [-0.3, -0.25) is 9.78 Å². The Bertz CT molecular complexity index is 443. The van der Waals surface area contributed by atoms with Gasteiger partial charge in [0.2, 0.25) is 5.91 Å². The van der Waals surface area contributed by atoms with Crippen LogP contribution in [0.25, 0.3) is 0 Å². The fourth-order valence-corrected chi connectivity index (χ4v) is 2.05. The van der Waals surface area contributed by atoms with Crippen molar-refractivity contribution in [2.45, 2.75) is 33.1 Å². The Morgan fingerprint density at radius 2 is 2.10 bits per heavy atom. The standard InChI is InChI=1S/C15H26N4O/c1-15(2,8-9-16)7-5-14(20)18-12-11-17-10-6-13(12)19(3)4/h6,10-11H,5,7-9,16H2,1-4H3,(H,18,20). The minimum atomic E-state index is 0.0196. The lowest BCUT2D eigenvalue weighted by Crippen LogP contribution is -2.21. The van der Waals surface area contributed by atoms with Crippen LogP contribution in [0.1, 0.15) is 33.1 Å². The minimum absolute atomic E-state index is 0.0196. The van der Waals surface area contributed by atoms with Crippen molar-refractivity contribution in [1.82, 2.24) is 4.98 Å². The predicted molar refractivity (Wildman–Crippen MR) is 83.9 cm³/mol. The van der Waals surface area contributed by atoms with Gasteiger partial charge in [-0.2, -0.15) is 0 Å². The molecule has 0 bridgehead atoms. The van der Waals surface area contributed by atoms with Crippen molar-refractivity contribution in [2.24, 2.45) is 11.1 Å². The van der Waals surface area contributed by atoms with E-state index in [1.807, 2.05) is 25.1 Å². The van der Waals surface area contributed by atoms with Crippen LogP contribution in [0.4, 0.5) is 11.4 Å². The first kappa shape index (κ1) is 16.4. The van der Waals surface area contributed by atoms with Gasteiger partial charge in [0.1, 0.15) is 0 Å². The summed E-state index contributed by atoms with van der Waals surface area (Å²) in [5.74, 6) is 0.0196. The van der Waals surface area contributed by atoms with Gasteiger partial charge >= 0.3 is 0 Å². The molecule has 1 aromatic rings. The summed E-state index contributed by atoms with van der Waals surface area (Å²) in [6.45, 7) is 4.94. The molecule has 20 heavy (non-hydrogen) atoms. The Morgan fingerprint density at radius 3 is 2.70 bits per heavy atom. The van der Waals surface area contributed by atoms with Crippen molar-refractivity contribution in [1.29, 1.82) is 0 Å². The van der Waals surface area contributed by atoms with Gasteiger partial charge in [-0.1, -0.05) is 13.8 Å². The van der Waals surface area contributed by atoms with Crippen LogP contribution < -0.4 is 16.0 Å². The highest BCUT2D eigenvalue weighted by atomic mass is 16.1. The molecule has 1 rings (SSSR count). The largest absolute Gasteiger partial charge is 0.376 e. The Morgan fingerprint density at radius 1 is 1.40 bits per heavy atom. The number of amides is 1. The third-order valence-corrected chi connectivity index (χ3v) is 3.40. The zero-order valence-electron chi connectivity index (χ0n) is 12.9. The van der Waals surface area contributed by atoms with E-state index in [0.717, 1.165) is 24.2 Å². The predicted octanol–water partition coefficient (Wildman–Crippen LogP) is 2.24. The number of aromatic nitrogens is 1. The average molecular weight is 278 g/mol. The van der Waals surface area contributed by atoms with Crippen molar-refractivity contribution < 1.29 is 4.79 Å². The summed E-state index contributed by atoms with van der Waals surface area (Å²) in [4.78, 5) is 18.1. The highest BCUT2D eigenvalue weighted by Crippen LogP contribution is 2.27. The van der Waals surface area contributed by atoms with Crippen LogP contribution in [-0.4, -0.2) is 31.5 Å². The van der Waals surface area contributed by atoms with Gasteiger partial charge in [0.15, 0.2) is 0 Å². The van der Waals surface area contributed by atoms with Crippen molar-refractivity contribution in [3.05, 3.63) is 18.5 Å². The summed E-state index contributed by atoms with van der Waals surface area (Å²) in [6, 6.07) is 1.88. The zero-order valence-corrected chi connectivity index (χ0v) is 12.9. The summed E-state index contributed by atoms with van der Waals surface area (Å²) in [7, 11) is 3.88. The van der Waals surface area contributed by atoms with Crippen LogP contribution >= 0.6 is 0 Å². The average Bonchev–Trinajstić information content (AvgIpc) is 2.37. The molecule has 1 amide bonds. The van der Waals surface area contributed by atoms with Crippen LogP contribution in [0.3, 0.4) is 0 Å². The van der Waals surface area contributed by atoms with Crippen molar-refractivity contribution in [2.75, 3.05) is 30.9 Å². The number of hydrogen-bond acceptors (Lipinski definition) is 4. The Kier molecular flexibility index (Phi) is 5.95. The van der Waals surface area contributed by atoms with E-state index in [1.54, 1.807) is 12.4 Å². The van der Waals surface area contributed by atoms with E-state index >= 15 is 0 Å². The van der Waals surface area contributed by atoms with Gasteiger partial charge in [0.05, 0.1) is 17.6 Å². The van der Waals surface area contributed by atoms with Crippen LogP contribution in [0.2, 0.25) is 0 Å². The van der Waals surface area contributed by atoms with Crippen LogP contribution in [0.15, 0.2) is 18.5 Å². The Hall–Kier alpha value is -1.62. The summed E-state index contributed by atoms with van der Waals surface area (Å²) in [5, 5.41) is 2.93. The summed E-state index contributed by atoms with van der Waals surface area (Å²) >= 11 is 0. The van der Waals surface area contributed by atoms with Gasteiger partial charge < -0.3 is 16.0 Å². The van der Waals surface area contributed by atoms with Gasteiger partial charge in [0.25, 0.3) is 0 Å². The zero-order chi connectivity index (χ0) is 15.2. The minimum Gasteiger partial charge on any atom is -0.376 e. The number of nitrogens with one attached hydrogen (secondary N) is 1. The van der Waals surface area contributed by atoms with E-state index in [2.05, 4.69) is 24.1 Å². The molecular weight excluding hydrogens is 252 g/mol. The highest BCUT2D eigenvalue weighted by Gasteiger charge is 2.18. The van der Waals surface area contributed by atoms with Gasteiger partial charge in [-0.05, 0) is 30.9 Å². The number of nitrogens with two attached hydrogens (primary N) is 1. The molecule has 1 heterocycles. The smallest absolute Gasteiger partial charge is 0.224 e. The molecule has 0 fully saturated rings. The Balaban J connectivity index is 2.59. The molecule has 0 saturated carbocycles. The fourth-order valence-electron chi connectivity index (χ4n) is 2.05.